The molecule has 0 saturated heterocycles. The van der Waals surface area contributed by atoms with E-state index in [1.54, 1.807) is 45.9 Å². The number of likely N-dealkylation sites (N-methyl/N-ethyl adjacent to an activating group) is 1. The number of nitrogens with zero attached hydrogens (tertiary/aromatic N) is 4. The number of rotatable bonds is 8. The molecule has 1 unspecified atom stereocenters. The molecule has 1 aliphatic heterocycles. The number of aromatic nitrogens is 1. The highest BCUT2D eigenvalue weighted by molar-refractivity contribution is 7.17. The topological polar surface area (TPSA) is 137 Å². The van der Waals surface area contributed by atoms with Gasteiger partial charge in [-0.15, -0.1) is 0 Å². The fourth-order valence-electron chi connectivity index (χ4n) is 3.59. The zero-order chi connectivity index (χ0) is 26.5. The Morgan fingerprint density at radius 1 is 1.33 bits per heavy atom. The summed E-state index contributed by atoms with van der Waals surface area (Å²) in [5, 5.41) is 21.0. The Morgan fingerprint density at radius 3 is 2.72 bits per heavy atom. The van der Waals surface area contributed by atoms with Crippen LogP contribution in [0.3, 0.4) is 0 Å². The van der Waals surface area contributed by atoms with E-state index in [0.717, 1.165) is 23.4 Å². The Hall–Kier alpha value is -3.78. The molecule has 2 atom stereocenters. The molecular formula is C25H30N6O4S. The molecular weight excluding hydrogens is 480 g/mol. The first kappa shape index (κ1) is 26.8. The van der Waals surface area contributed by atoms with E-state index >= 15 is 0 Å². The maximum Gasteiger partial charge on any atom is 0.350 e. The van der Waals surface area contributed by atoms with Gasteiger partial charge >= 0.3 is 5.97 Å². The number of benzene rings is 1. The van der Waals surface area contributed by atoms with Gasteiger partial charge in [-0.2, -0.15) is 10.4 Å². The predicted molar refractivity (Wildman–Crippen MR) is 137 cm³/mol. The van der Waals surface area contributed by atoms with Crippen LogP contribution in [0.25, 0.3) is 0 Å². The molecule has 190 valence electrons. The van der Waals surface area contributed by atoms with Gasteiger partial charge in [0.1, 0.15) is 10.5 Å². The van der Waals surface area contributed by atoms with E-state index in [9.17, 15) is 19.6 Å². The molecule has 1 aromatic heterocycles. The summed E-state index contributed by atoms with van der Waals surface area (Å²) in [5.74, 6) is -1.22. The molecule has 2 N–H and O–H groups in total. The first-order chi connectivity index (χ1) is 16.9. The van der Waals surface area contributed by atoms with E-state index in [1.807, 2.05) is 30.4 Å². The highest BCUT2D eigenvalue weighted by atomic mass is 32.1. The van der Waals surface area contributed by atoms with E-state index < -0.39 is 23.5 Å². The number of ether oxygens (including phenoxy) is 1. The molecule has 1 aromatic carbocycles. The summed E-state index contributed by atoms with van der Waals surface area (Å²) in [7, 11) is 1.88. The van der Waals surface area contributed by atoms with Gasteiger partial charge in [0.25, 0.3) is 5.91 Å². The largest absolute Gasteiger partial charge is 0.456 e. The molecule has 11 heteroatoms. The van der Waals surface area contributed by atoms with Crippen molar-refractivity contribution in [3.8, 4) is 6.07 Å². The molecule has 36 heavy (non-hydrogen) atoms. The molecule has 0 radical (unpaired) electrons. The smallest absolute Gasteiger partial charge is 0.350 e. The third-order valence-electron chi connectivity index (χ3n) is 5.21. The van der Waals surface area contributed by atoms with Crippen LogP contribution in [0.2, 0.25) is 0 Å². The van der Waals surface area contributed by atoms with Gasteiger partial charge in [0, 0.05) is 37.7 Å². The predicted octanol–water partition coefficient (Wildman–Crippen LogP) is 3.46. The Labute approximate surface area is 214 Å². The molecule has 3 rings (SSSR count). The lowest BCUT2D eigenvalue weighted by molar-refractivity contribution is -0.116. The van der Waals surface area contributed by atoms with Crippen molar-refractivity contribution in [1.82, 2.24) is 15.3 Å². The van der Waals surface area contributed by atoms with E-state index in [4.69, 9.17) is 4.74 Å². The number of carbonyl (C=O) groups is 3. The average molecular weight is 511 g/mol. The molecule has 0 spiro atoms. The highest BCUT2D eigenvalue weighted by Crippen LogP contribution is 2.25. The van der Waals surface area contributed by atoms with Crippen molar-refractivity contribution in [2.45, 2.75) is 58.1 Å². The molecule has 0 saturated carbocycles. The Morgan fingerprint density at radius 2 is 2.08 bits per heavy atom. The van der Waals surface area contributed by atoms with Crippen molar-refractivity contribution in [2.24, 2.45) is 5.10 Å². The number of nitrogens with one attached hydrogen (secondary N) is 2. The van der Waals surface area contributed by atoms with Crippen LogP contribution >= 0.6 is 11.3 Å². The molecule has 10 nitrogen and oxygen atoms in total. The van der Waals surface area contributed by atoms with Gasteiger partial charge in [-0.25, -0.2) is 9.78 Å². The first-order valence-corrected chi connectivity index (χ1v) is 12.3. The van der Waals surface area contributed by atoms with Gasteiger partial charge in [0.2, 0.25) is 5.91 Å². The SMILES string of the molecule is Cc1nc(NC(=O)C[C@@H](CC#N)NC(=O)c2cccc(C3C=NN(C)C3)c2)sc1C(=O)OC(C)(C)C. The maximum absolute atomic E-state index is 12.9. The van der Waals surface area contributed by atoms with Crippen LogP contribution in [0.4, 0.5) is 5.13 Å². The van der Waals surface area contributed by atoms with E-state index in [1.165, 1.54) is 0 Å². The Balaban J connectivity index is 1.62. The molecule has 2 amide bonds. The summed E-state index contributed by atoms with van der Waals surface area (Å²) in [4.78, 5) is 42.4. The zero-order valence-electron chi connectivity index (χ0n) is 21.0. The highest BCUT2D eigenvalue weighted by Gasteiger charge is 2.24. The third kappa shape index (κ3) is 7.36. The third-order valence-corrected chi connectivity index (χ3v) is 6.27. The Bertz CT molecular complexity index is 1210. The zero-order valence-corrected chi connectivity index (χ0v) is 21.8. The average Bonchev–Trinajstić information content (AvgIpc) is 3.38. The summed E-state index contributed by atoms with van der Waals surface area (Å²) < 4.78 is 5.38. The summed E-state index contributed by atoms with van der Waals surface area (Å²) in [5.41, 5.74) is 1.20. The fourth-order valence-corrected chi connectivity index (χ4v) is 4.45. The van der Waals surface area contributed by atoms with Crippen molar-refractivity contribution in [3.05, 3.63) is 46.0 Å². The molecule has 0 bridgehead atoms. The number of esters is 1. The summed E-state index contributed by atoms with van der Waals surface area (Å²) in [6.45, 7) is 7.70. The lowest BCUT2D eigenvalue weighted by Gasteiger charge is -2.18. The van der Waals surface area contributed by atoms with Crippen LogP contribution in [-0.4, -0.2) is 59.2 Å². The minimum Gasteiger partial charge on any atom is -0.456 e. The van der Waals surface area contributed by atoms with Gasteiger partial charge in [0.15, 0.2) is 5.13 Å². The summed E-state index contributed by atoms with van der Waals surface area (Å²) in [6.07, 6.45) is 1.67. The number of carbonyl (C=O) groups excluding carboxylic acids is 3. The monoisotopic (exact) mass is 510 g/mol. The molecule has 0 fully saturated rings. The van der Waals surface area contributed by atoms with E-state index in [-0.39, 0.29) is 29.8 Å². The minimum absolute atomic E-state index is 0.0427. The molecule has 1 aliphatic rings. The van der Waals surface area contributed by atoms with Crippen molar-refractivity contribution in [3.63, 3.8) is 0 Å². The first-order valence-electron chi connectivity index (χ1n) is 11.5. The lowest BCUT2D eigenvalue weighted by atomic mass is 9.98. The fraction of sp³-hybridized carbons (Fsp3) is 0.440. The molecule has 2 aromatic rings. The summed E-state index contributed by atoms with van der Waals surface area (Å²) in [6, 6.07) is 8.54. The summed E-state index contributed by atoms with van der Waals surface area (Å²) >= 11 is 1.02. The lowest BCUT2D eigenvalue weighted by Crippen LogP contribution is -2.37. The van der Waals surface area contributed by atoms with Crippen molar-refractivity contribution in [1.29, 1.82) is 5.26 Å². The van der Waals surface area contributed by atoms with Crippen LogP contribution in [0.1, 0.15) is 70.8 Å². The minimum atomic E-state index is -0.697. The van der Waals surface area contributed by atoms with Gasteiger partial charge < -0.3 is 15.4 Å². The van der Waals surface area contributed by atoms with Crippen LogP contribution in [-0.2, 0) is 9.53 Å². The number of hydrazone groups is 1. The quantitative estimate of drug-likeness (QED) is 0.519. The van der Waals surface area contributed by atoms with Crippen molar-refractivity contribution >= 4 is 40.5 Å². The van der Waals surface area contributed by atoms with Crippen LogP contribution in [0.15, 0.2) is 29.4 Å². The number of thiazole rings is 1. The van der Waals surface area contributed by atoms with Crippen LogP contribution in [0, 0.1) is 18.3 Å². The van der Waals surface area contributed by atoms with Gasteiger partial charge in [-0.3, -0.25) is 14.6 Å². The molecule has 0 aliphatic carbocycles. The number of amides is 2. The second-order valence-electron chi connectivity index (χ2n) is 9.56. The second-order valence-corrected chi connectivity index (χ2v) is 10.6. The van der Waals surface area contributed by atoms with E-state index in [2.05, 4.69) is 20.7 Å². The van der Waals surface area contributed by atoms with Gasteiger partial charge in [-0.05, 0) is 45.4 Å². The van der Waals surface area contributed by atoms with Gasteiger partial charge in [-0.1, -0.05) is 23.5 Å². The van der Waals surface area contributed by atoms with Crippen molar-refractivity contribution in [2.75, 3.05) is 18.9 Å². The van der Waals surface area contributed by atoms with Crippen LogP contribution < -0.4 is 10.6 Å². The normalized spacial score (nSPS) is 15.8. The number of nitriles is 1. The number of hydrogen-bond donors (Lipinski definition) is 2. The van der Waals surface area contributed by atoms with E-state index in [0.29, 0.717) is 16.1 Å². The van der Waals surface area contributed by atoms with Gasteiger partial charge in [0.05, 0.1) is 24.2 Å². The standard InChI is InChI=1S/C25H30N6O4S/c1-15-21(23(34)35-25(2,3)4)36-24(28-15)30-20(32)12-19(9-10-26)29-22(33)17-8-6-7-16(11-17)18-13-27-31(5)14-18/h6-8,11,13,18-19H,9,12,14H2,1-5H3,(H,29,33)(H,28,30,32)/t18?,19-/m1/s1. The van der Waals surface area contributed by atoms with Crippen LogP contribution in [0.5, 0.6) is 0 Å². The Kier molecular flexibility index (Phi) is 8.42. The van der Waals surface area contributed by atoms with Crippen molar-refractivity contribution < 1.29 is 19.1 Å². The molecule has 2 heterocycles. The number of hydrogen-bond acceptors (Lipinski definition) is 9. The number of aryl methyl sites for hydroxylation is 1. The number of anilines is 1. The second kappa shape index (κ2) is 11.3. The maximum atomic E-state index is 12.9.